The summed E-state index contributed by atoms with van der Waals surface area (Å²) in [5.41, 5.74) is 0.685. The van der Waals surface area contributed by atoms with E-state index in [4.69, 9.17) is 0 Å². The van der Waals surface area contributed by atoms with Gasteiger partial charge < -0.3 is 5.32 Å². The fraction of sp³-hybridized carbons (Fsp3) is 0.188. The van der Waals surface area contributed by atoms with Crippen LogP contribution >= 0.6 is 0 Å². The third kappa shape index (κ3) is 5.30. The minimum absolute atomic E-state index is 0.00702. The third-order valence-electron chi connectivity index (χ3n) is 3.13. The van der Waals surface area contributed by atoms with Gasteiger partial charge in [0.1, 0.15) is 0 Å². The number of carbonyl (C=O) groups excluding carboxylic acids is 1. The van der Waals surface area contributed by atoms with E-state index in [0.29, 0.717) is 17.9 Å². The highest BCUT2D eigenvalue weighted by Gasteiger charge is 2.08. The largest absolute Gasteiger partial charge is 0.355 e. The number of nitro groups is 1. The van der Waals surface area contributed by atoms with Gasteiger partial charge in [-0.2, -0.15) is 0 Å². The Morgan fingerprint density at radius 2 is 1.74 bits per heavy atom. The molecule has 0 fully saturated rings. The van der Waals surface area contributed by atoms with E-state index in [9.17, 15) is 19.1 Å². The van der Waals surface area contributed by atoms with Crippen LogP contribution in [0, 0.1) is 10.1 Å². The van der Waals surface area contributed by atoms with Crippen LogP contribution in [0.5, 0.6) is 0 Å². The van der Waals surface area contributed by atoms with Crippen molar-refractivity contribution in [3.63, 3.8) is 0 Å². The molecule has 0 aliphatic rings. The summed E-state index contributed by atoms with van der Waals surface area (Å²) in [7, 11) is -1.14. The lowest BCUT2D eigenvalue weighted by Gasteiger charge is -2.06. The number of non-ortho nitro benzene ring substituents is 1. The Kier molecular flexibility index (Phi) is 5.99. The van der Waals surface area contributed by atoms with Crippen molar-refractivity contribution in [2.75, 3.05) is 12.3 Å². The molecular weight excluding hydrogens is 316 g/mol. The first-order chi connectivity index (χ1) is 11.1. The second-order valence-corrected chi connectivity index (χ2v) is 6.38. The average Bonchev–Trinajstić information content (AvgIpc) is 2.56. The van der Waals surface area contributed by atoms with Crippen LogP contribution in [-0.2, 0) is 22.0 Å². The highest BCUT2D eigenvalue weighted by Crippen LogP contribution is 2.12. The van der Waals surface area contributed by atoms with Crippen LogP contribution in [0.1, 0.15) is 5.56 Å². The first kappa shape index (κ1) is 16.8. The number of nitrogens with one attached hydrogen (secondary N) is 1. The number of carbonyl (C=O) groups is 1. The Hall–Kier alpha value is -2.54. The zero-order valence-electron chi connectivity index (χ0n) is 12.3. The van der Waals surface area contributed by atoms with Gasteiger partial charge in [0.05, 0.1) is 22.1 Å². The molecule has 0 heterocycles. The van der Waals surface area contributed by atoms with E-state index < -0.39 is 15.7 Å². The van der Waals surface area contributed by atoms with Crippen molar-refractivity contribution < 1.29 is 13.9 Å². The van der Waals surface area contributed by atoms with Crippen molar-refractivity contribution in [3.05, 3.63) is 70.3 Å². The fourth-order valence-electron chi connectivity index (χ4n) is 1.96. The van der Waals surface area contributed by atoms with Gasteiger partial charge in [0.2, 0.25) is 5.91 Å². The molecular formula is C16H16N2O4S. The van der Waals surface area contributed by atoms with Crippen LogP contribution in [0.4, 0.5) is 5.69 Å². The average molecular weight is 332 g/mol. The summed E-state index contributed by atoms with van der Waals surface area (Å²) < 4.78 is 12.0. The molecule has 0 saturated carbocycles. The van der Waals surface area contributed by atoms with Gasteiger partial charge in [0.25, 0.3) is 5.69 Å². The van der Waals surface area contributed by atoms with E-state index in [0.717, 1.165) is 4.90 Å². The molecule has 1 amide bonds. The molecule has 23 heavy (non-hydrogen) atoms. The Balaban J connectivity index is 1.77. The summed E-state index contributed by atoms with van der Waals surface area (Å²) in [4.78, 5) is 22.6. The van der Waals surface area contributed by atoms with E-state index in [1.165, 1.54) is 12.1 Å². The molecule has 2 rings (SSSR count). The van der Waals surface area contributed by atoms with Crippen LogP contribution in [-0.4, -0.2) is 27.3 Å². The molecule has 0 aliphatic carbocycles. The zero-order valence-corrected chi connectivity index (χ0v) is 13.1. The predicted octanol–water partition coefficient (Wildman–Crippen LogP) is 2.06. The van der Waals surface area contributed by atoms with Crippen LogP contribution in [0.15, 0.2) is 59.5 Å². The lowest BCUT2D eigenvalue weighted by Crippen LogP contribution is -2.29. The second kappa shape index (κ2) is 8.19. The van der Waals surface area contributed by atoms with E-state index in [1.807, 2.05) is 18.2 Å². The summed E-state index contributed by atoms with van der Waals surface area (Å²) in [6, 6.07) is 14.9. The van der Waals surface area contributed by atoms with Crippen molar-refractivity contribution in [2.24, 2.45) is 0 Å². The minimum Gasteiger partial charge on any atom is -0.355 e. The SMILES string of the molecule is O=C(Cc1ccc([N+](=O)[O-])cc1)NCCS(=O)c1ccccc1. The first-order valence-corrected chi connectivity index (χ1v) is 8.31. The monoisotopic (exact) mass is 332 g/mol. The number of hydrogen-bond acceptors (Lipinski definition) is 4. The molecule has 0 bridgehead atoms. The molecule has 0 aromatic heterocycles. The fourth-order valence-corrected chi connectivity index (χ4v) is 2.94. The number of rotatable bonds is 7. The maximum absolute atomic E-state index is 12.0. The van der Waals surface area contributed by atoms with Crippen molar-refractivity contribution >= 4 is 22.4 Å². The summed E-state index contributed by atoms with van der Waals surface area (Å²) in [5.74, 6) is 0.139. The maximum Gasteiger partial charge on any atom is 0.269 e. The van der Waals surface area contributed by atoms with E-state index >= 15 is 0 Å². The Labute approximate surface area is 136 Å². The Morgan fingerprint density at radius 3 is 2.35 bits per heavy atom. The third-order valence-corrected chi connectivity index (χ3v) is 4.50. The molecule has 0 radical (unpaired) electrons. The van der Waals surface area contributed by atoms with Crippen LogP contribution in [0.25, 0.3) is 0 Å². The van der Waals surface area contributed by atoms with Gasteiger partial charge >= 0.3 is 0 Å². The smallest absolute Gasteiger partial charge is 0.269 e. The molecule has 1 unspecified atom stereocenters. The summed E-state index contributed by atoms with van der Waals surface area (Å²) in [6.45, 7) is 0.313. The summed E-state index contributed by atoms with van der Waals surface area (Å²) >= 11 is 0. The summed E-state index contributed by atoms with van der Waals surface area (Å²) in [5, 5.41) is 13.3. The molecule has 6 nitrogen and oxygen atoms in total. The van der Waals surface area contributed by atoms with Gasteiger partial charge in [-0.15, -0.1) is 0 Å². The summed E-state index contributed by atoms with van der Waals surface area (Å²) in [6.07, 6.45) is 0.135. The Morgan fingerprint density at radius 1 is 1.09 bits per heavy atom. The number of hydrogen-bond donors (Lipinski definition) is 1. The van der Waals surface area contributed by atoms with E-state index in [1.54, 1.807) is 24.3 Å². The number of nitrogens with zero attached hydrogens (tertiary/aromatic N) is 1. The highest BCUT2D eigenvalue weighted by atomic mass is 32.2. The van der Waals surface area contributed by atoms with Gasteiger partial charge in [0, 0.05) is 29.3 Å². The zero-order chi connectivity index (χ0) is 16.7. The second-order valence-electron chi connectivity index (χ2n) is 4.81. The lowest BCUT2D eigenvalue weighted by atomic mass is 10.1. The molecule has 120 valence electrons. The van der Waals surface area contributed by atoms with Crippen molar-refractivity contribution in [2.45, 2.75) is 11.3 Å². The molecule has 0 spiro atoms. The quantitative estimate of drug-likeness (QED) is 0.621. The molecule has 0 aliphatic heterocycles. The number of nitro benzene ring substituents is 1. The van der Waals surface area contributed by atoms with Gasteiger partial charge in [-0.05, 0) is 17.7 Å². The normalized spacial score (nSPS) is 11.7. The molecule has 2 aromatic carbocycles. The molecule has 7 heteroatoms. The van der Waals surface area contributed by atoms with E-state index in [-0.39, 0.29) is 18.0 Å². The van der Waals surface area contributed by atoms with Crippen LogP contribution in [0.2, 0.25) is 0 Å². The lowest BCUT2D eigenvalue weighted by molar-refractivity contribution is -0.384. The Bertz CT molecular complexity index is 702. The van der Waals surface area contributed by atoms with Crippen LogP contribution in [0.3, 0.4) is 0 Å². The topological polar surface area (TPSA) is 89.3 Å². The predicted molar refractivity (Wildman–Crippen MR) is 87.5 cm³/mol. The maximum atomic E-state index is 12.0. The van der Waals surface area contributed by atoms with Crippen molar-refractivity contribution in [1.29, 1.82) is 0 Å². The van der Waals surface area contributed by atoms with Gasteiger partial charge in [-0.25, -0.2) is 0 Å². The standard InChI is InChI=1S/C16H16N2O4S/c19-16(12-13-6-8-14(9-7-13)18(20)21)17-10-11-23(22)15-4-2-1-3-5-15/h1-9H,10-12H2,(H,17,19). The number of amides is 1. The van der Waals surface area contributed by atoms with Crippen LogP contribution < -0.4 is 5.32 Å². The minimum atomic E-state index is -1.14. The molecule has 1 N–H and O–H groups in total. The van der Waals surface area contributed by atoms with Gasteiger partial charge in [0.15, 0.2) is 0 Å². The highest BCUT2D eigenvalue weighted by molar-refractivity contribution is 7.85. The van der Waals surface area contributed by atoms with Crippen molar-refractivity contribution in [3.8, 4) is 0 Å². The van der Waals surface area contributed by atoms with Gasteiger partial charge in [-0.1, -0.05) is 30.3 Å². The first-order valence-electron chi connectivity index (χ1n) is 7.00. The molecule has 0 saturated heterocycles. The van der Waals surface area contributed by atoms with E-state index in [2.05, 4.69) is 5.32 Å². The van der Waals surface area contributed by atoms with Crippen molar-refractivity contribution in [1.82, 2.24) is 5.32 Å². The number of benzene rings is 2. The molecule has 2 aromatic rings. The molecule has 1 atom stereocenters. The van der Waals surface area contributed by atoms with Gasteiger partial charge in [-0.3, -0.25) is 19.1 Å².